The van der Waals surface area contributed by atoms with Crippen LogP contribution in [0.3, 0.4) is 0 Å². The van der Waals surface area contributed by atoms with Gasteiger partial charge >= 0.3 is 5.69 Å². The van der Waals surface area contributed by atoms with Crippen molar-refractivity contribution in [2.45, 2.75) is 25.8 Å². The number of aromatic amines is 1. The first-order chi connectivity index (χ1) is 10.1. The van der Waals surface area contributed by atoms with Gasteiger partial charge in [-0.05, 0) is 31.5 Å². The highest BCUT2D eigenvalue weighted by molar-refractivity contribution is 5.77. The molecule has 1 fully saturated rings. The van der Waals surface area contributed by atoms with Crippen molar-refractivity contribution >= 4 is 10.9 Å². The maximum Gasteiger partial charge on any atom is 0.329 e. The molecule has 1 aliphatic rings. The van der Waals surface area contributed by atoms with Crippen molar-refractivity contribution in [3.05, 3.63) is 44.9 Å². The molecule has 0 saturated carbocycles. The van der Waals surface area contributed by atoms with E-state index < -0.39 is 17.1 Å². The lowest BCUT2D eigenvalue weighted by Gasteiger charge is -2.31. The molecular formula is C15H18FN3O2. The fourth-order valence-electron chi connectivity index (χ4n) is 3.06. The third kappa shape index (κ3) is 2.40. The zero-order chi connectivity index (χ0) is 15.0. The molecule has 1 aromatic heterocycles. The van der Waals surface area contributed by atoms with Gasteiger partial charge in [-0.3, -0.25) is 9.36 Å². The second-order valence-corrected chi connectivity index (χ2v) is 5.43. The Kier molecular flexibility index (Phi) is 3.63. The molecule has 0 aliphatic carbocycles. The number of fused-ring (bicyclic) bond motifs is 1. The number of halogens is 1. The van der Waals surface area contributed by atoms with Crippen molar-refractivity contribution in [1.29, 1.82) is 0 Å². The Labute approximate surface area is 121 Å². The smallest absolute Gasteiger partial charge is 0.307 e. The fraction of sp³-hybridized carbons (Fsp3) is 0.467. The zero-order valence-corrected chi connectivity index (χ0v) is 11.9. The molecule has 6 heteroatoms. The van der Waals surface area contributed by atoms with Gasteiger partial charge in [0.2, 0.25) is 0 Å². The molecule has 2 aromatic rings. The minimum absolute atomic E-state index is 0.0324. The number of likely N-dealkylation sites (tertiary alicyclic amines) is 1. The van der Waals surface area contributed by atoms with Crippen LogP contribution >= 0.6 is 0 Å². The quantitative estimate of drug-likeness (QED) is 0.912. The molecule has 0 amide bonds. The standard InChI is InChI=1S/C15H18FN3O2/c1-2-18-8-6-10(7-9-18)19-14(20)13-11(16)4-3-5-12(13)17-15(19)21/h3-5,10H,2,6-9H2,1H3,(H,17,21). The van der Waals surface area contributed by atoms with Crippen LogP contribution in [-0.2, 0) is 0 Å². The maximum atomic E-state index is 13.9. The maximum absolute atomic E-state index is 13.9. The van der Waals surface area contributed by atoms with Crippen LogP contribution < -0.4 is 11.2 Å². The molecule has 1 saturated heterocycles. The first kappa shape index (κ1) is 14.0. The second kappa shape index (κ2) is 5.44. The average Bonchev–Trinajstić information content (AvgIpc) is 2.47. The number of benzene rings is 1. The number of aromatic nitrogens is 2. The number of rotatable bonds is 2. The van der Waals surface area contributed by atoms with E-state index in [4.69, 9.17) is 0 Å². The number of piperidine rings is 1. The van der Waals surface area contributed by atoms with Crippen molar-refractivity contribution in [2.75, 3.05) is 19.6 Å². The van der Waals surface area contributed by atoms with E-state index in [9.17, 15) is 14.0 Å². The van der Waals surface area contributed by atoms with Crippen LogP contribution in [0.5, 0.6) is 0 Å². The van der Waals surface area contributed by atoms with E-state index in [1.54, 1.807) is 6.07 Å². The molecule has 0 spiro atoms. The first-order valence-corrected chi connectivity index (χ1v) is 7.27. The summed E-state index contributed by atoms with van der Waals surface area (Å²) in [5, 5.41) is -0.0324. The van der Waals surface area contributed by atoms with Crippen molar-refractivity contribution in [3.63, 3.8) is 0 Å². The molecule has 1 N–H and O–H groups in total. The first-order valence-electron chi connectivity index (χ1n) is 7.27. The van der Waals surface area contributed by atoms with Crippen LogP contribution in [0, 0.1) is 5.82 Å². The highest BCUT2D eigenvalue weighted by Crippen LogP contribution is 2.20. The normalized spacial score (nSPS) is 17.4. The van der Waals surface area contributed by atoms with E-state index in [1.165, 1.54) is 16.7 Å². The van der Waals surface area contributed by atoms with Crippen molar-refractivity contribution in [3.8, 4) is 0 Å². The number of H-pyrrole nitrogens is 1. The van der Waals surface area contributed by atoms with Crippen LogP contribution in [0.25, 0.3) is 10.9 Å². The highest BCUT2D eigenvalue weighted by Gasteiger charge is 2.23. The van der Waals surface area contributed by atoms with E-state index in [2.05, 4.69) is 16.8 Å². The van der Waals surface area contributed by atoms with Gasteiger partial charge in [0.05, 0.1) is 10.9 Å². The number of nitrogens with zero attached hydrogens (tertiary/aromatic N) is 2. The van der Waals surface area contributed by atoms with Crippen LogP contribution in [0.4, 0.5) is 4.39 Å². The lowest BCUT2D eigenvalue weighted by Crippen LogP contribution is -2.43. The van der Waals surface area contributed by atoms with Crippen molar-refractivity contribution in [2.24, 2.45) is 0 Å². The van der Waals surface area contributed by atoms with Gasteiger partial charge in [0.1, 0.15) is 5.82 Å². The Morgan fingerprint density at radius 3 is 2.67 bits per heavy atom. The Hall–Kier alpha value is -1.95. The lowest BCUT2D eigenvalue weighted by atomic mass is 10.0. The van der Waals surface area contributed by atoms with Gasteiger partial charge in [-0.25, -0.2) is 9.18 Å². The molecule has 1 aliphatic heterocycles. The highest BCUT2D eigenvalue weighted by atomic mass is 19.1. The van der Waals surface area contributed by atoms with Crippen LogP contribution in [0.2, 0.25) is 0 Å². The summed E-state index contributed by atoms with van der Waals surface area (Å²) in [5.41, 5.74) is -0.720. The molecule has 0 unspecified atom stereocenters. The topological polar surface area (TPSA) is 58.1 Å². The summed E-state index contributed by atoms with van der Waals surface area (Å²) in [6.45, 7) is 4.75. The third-order valence-corrected chi connectivity index (χ3v) is 4.28. The van der Waals surface area contributed by atoms with Gasteiger partial charge in [0.25, 0.3) is 5.56 Å². The molecule has 0 atom stereocenters. The SMILES string of the molecule is CCN1CCC(n2c(=O)[nH]c3cccc(F)c3c2=O)CC1. The summed E-state index contributed by atoms with van der Waals surface area (Å²) >= 11 is 0. The second-order valence-electron chi connectivity index (χ2n) is 5.43. The molecule has 3 rings (SSSR count). The molecule has 2 heterocycles. The van der Waals surface area contributed by atoms with E-state index in [1.807, 2.05) is 0 Å². The van der Waals surface area contributed by atoms with E-state index >= 15 is 0 Å². The molecule has 0 radical (unpaired) electrons. The van der Waals surface area contributed by atoms with Gasteiger partial charge in [0, 0.05) is 19.1 Å². The summed E-state index contributed by atoms with van der Waals surface area (Å²) < 4.78 is 15.1. The van der Waals surface area contributed by atoms with Gasteiger partial charge in [-0.1, -0.05) is 13.0 Å². The number of nitrogens with one attached hydrogen (secondary N) is 1. The van der Waals surface area contributed by atoms with Gasteiger partial charge in [-0.2, -0.15) is 0 Å². The predicted molar refractivity (Wildman–Crippen MR) is 79.2 cm³/mol. The monoisotopic (exact) mass is 291 g/mol. The largest absolute Gasteiger partial charge is 0.329 e. The van der Waals surface area contributed by atoms with Crippen molar-refractivity contribution < 1.29 is 4.39 Å². The Balaban J connectivity index is 2.09. The van der Waals surface area contributed by atoms with Gasteiger partial charge in [-0.15, -0.1) is 0 Å². The number of hydrogen-bond acceptors (Lipinski definition) is 3. The minimum Gasteiger partial charge on any atom is -0.307 e. The summed E-state index contributed by atoms with van der Waals surface area (Å²) in [4.78, 5) is 29.6. The molecule has 5 nitrogen and oxygen atoms in total. The summed E-state index contributed by atoms with van der Waals surface area (Å²) in [6.07, 6.45) is 1.47. The third-order valence-electron chi connectivity index (χ3n) is 4.28. The van der Waals surface area contributed by atoms with E-state index in [0.29, 0.717) is 0 Å². The minimum atomic E-state index is -0.589. The zero-order valence-electron chi connectivity index (χ0n) is 11.9. The fourth-order valence-corrected chi connectivity index (χ4v) is 3.06. The molecule has 112 valence electrons. The Morgan fingerprint density at radius 2 is 2.00 bits per heavy atom. The molecule has 0 bridgehead atoms. The molecule has 1 aromatic carbocycles. The van der Waals surface area contributed by atoms with Crippen molar-refractivity contribution in [1.82, 2.24) is 14.5 Å². The van der Waals surface area contributed by atoms with Gasteiger partial charge < -0.3 is 9.88 Å². The summed E-state index contributed by atoms with van der Waals surface area (Å²) in [5.74, 6) is -0.589. The Morgan fingerprint density at radius 1 is 1.29 bits per heavy atom. The predicted octanol–water partition coefficient (Wildman–Crippen LogP) is 1.49. The van der Waals surface area contributed by atoms with Crippen LogP contribution in [0.1, 0.15) is 25.8 Å². The summed E-state index contributed by atoms with van der Waals surface area (Å²) in [7, 11) is 0. The van der Waals surface area contributed by atoms with Crippen LogP contribution in [-0.4, -0.2) is 34.1 Å². The number of hydrogen-bond donors (Lipinski definition) is 1. The molecule has 21 heavy (non-hydrogen) atoms. The van der Waals surface area contributed by atoms with Gasteiger partial charge in [0.15, 0.2) is 0 Å². The Bertz CT molecular complexity index is 773. The van der Waals surface area contributed by atoms with E-state index in [-0.39, 0.29) is 16.9 Å². The van der Waals surface area contributed by atoms with E-state index in [0.717, 1.165) is 32.5 Å². The van der Waals surface area contributed by atoms with Crippen LogP contribution in [0.15, 0.2) is 27.8 Å². The molecular weight excluding hydrogens is 273 g/mol. The lowest BCUT2D eigenvalue weighted by molar-refractivity contribution is 0.190. The summed E-state index contributed by atoms with van der Waals surface area (Å²) in [6, 6.07) is 4.11. The average molecular weight is 291 g/mol.